The molecule has 2 rings (SSSR count). The Labute approximate surface area is 185 Å². The SMILES string of the molecule is CN=C(NCCc1ccc(OCC(N)=O)cc1)N(C)CCC1CCOCC1.I. The number of nitrogens with zero attached hydrogens (tertiary/aromatic N) is 2. The summed E-state index contributed by atoms with van der Waals surface area (Å²) in [5, 5.41) is 3.42. The van der Waals surface area contributed by atoms with E-state index in [-0.39, 0.29) is 30.6 Å². The lowest BCUT2D eigenvalue weighted by Gasteiger charge is -2.26. The number of aliphatic imine (C=N–C) groups is 1. The summed E-state index contributed by atoms with van der Waals surface area (Å²) in [4.78, 5) is 17.3. The molecule has 0 saturated carbocycles. The largest absolute Gasteiger partial charge is 0.484 e. The average molecular weight is 504 g/mol. The number of amides is 1. The minimum absolute atomic E-state index is 0. The Bertz CT molecular complexity index is 604. The molecule has 1 fully saturated rings. The van der Waals surface area contributed by atoms with Crippen LogP contribution in [0.1, 0.15) is 24.8 Å². The zero-order valence-electron chi connectivity index (χ0n) is 16.9. The van der Waals surface area contributed by atoms with Crippen molar-refractivity contribution in [2.75, 3.05) is 47.0 Å². The molecule has 1 saturated heterocycles. The lowest BCUT2D eigenvalue weighted by Crippen LogP contribution is -2.40. The van der Waals surface area contributed by atoms with Gasteiger partial charge in [-0.3, -0.25) is 9.79 Å². The van der Waals surface area contributed by atoms with Crippen molar-refractivity contribution in [3.63, 3.8) is 0 Å². The van der Waals surface area contributed by atoms with Crippen molar-refractivity contribution < 1.29 is 14.3 Å². The quantitative estimate of drug-likeness (QED) is 0.305. The second kappa shape index (κ2) is 13.6. The van der Waals surface area contributed by atoms with Crippen LogP contribution < -0.4 is 15.8 Å². The molecule has 0 unspecified atom stereocenters. The fraction of sp³-hybridized carbons (Fsp3) is 0.600. The molecule has 7 nitrogen and oxygen atoms in total. The van der Waals surface area contributed by atoms with Gasteiger partial charge >= 0.3 is 0 Å². The van der Waals surface area contributed by atoms with Gasteiger partial charge in [0.15, 0.2) is 12.6 Å². The van der Waals surface area contributed by atoms with E-state index >= 15 is 0 Å². The Hall–Kier alpha value is -1.55. The number of nitrogens with two attached hydrogens (primary N) is 1. The van der Waals surface area contributed by atoms with E-state index in [4.69, 9.17) is 15.2 Å². The van der Waals surface area contributed by atoms with Crippen LogP contribution in [0.3, 0.4) is 0 Å². The van der Waals surface area contributed by atoms with Crippen molar-refractivity contribution in [1.29, 1.82) is 0 Å². The van der Waals surface area contributed by atoms with E-state index in [0.717, 1.165) is 44.6 Å². The van der Waals surface area contributed by atoms with Gasteiger partial charge in [0.2, 0.25) is 0 Å². The summed E-state index contributed by atoms with van der Waals surface area (Å²) in [6.07, 6.45) is 4.38. The van der Waals surface area contributed by atoms with Crippen molar-refractivity contribution in [1.82, 2.24) is 10.2 Å². The number of rotatable bonds is 9. The van der Waals surface area contributed by atoms with E-state index in [0.29, 0.717) is 5.75 Å². The minimum Gasteiger partial charge on any atom is -0.484 e. The molecule has 3 N–H and O–H groups in total. The summed E-state index contributed by atoms with van der Waals surface area (Å²) in [6, 6.07) is 7.70. The lowest BCUT2D eigenvalue weighted by molar-refractivity contribution is -0.119. The van der Waals surface area contributed by atoms with Crippen molar-refractivity contribution in [3.8, 4) is 5.75 Å². The molecule has 1 aliphatic heterocycles. The van der Waals surface area contributed by atoms with Crippen LogP contribution in [0.25, 0.3) is 0 Å². The first-order chi connectivity index (χ1) is 13.1. The van der Waals surface area contributed by atoms with Gasteiger partial charge < -0.3 is 25.4 Å². The zero-order chi connectivity index (χ0) is 19.5. The van der Waals surface area contributed by atoms with Gasteiger partial charge in [-0.25, -0.2) is 0 Å². The molecule has 1 aromatic rings. The molecule has 0 bridgehead atoms. The predicted octanol–water partition coefficient (Wildman–Crippen LogP) is 2.04. The average Bonchev–Trinajstić information content (AvgIpc) is 2.69. The Morgan fingerprint density at radius 2 is 2.00 bits per heavy atom. The van der Waals surface area contributed by atoms with Crippen LogP contribution in [0.5, 0.6) is 5.75 Å². The van der Waals surface area contributed by atoms with E-state index in [2.05, 4.69) is 22.3 Å². The summed E-state index contributed by atoms with van der Waals surface area (Å²) in [5.74, 6) is 1.85. The van der Waals surface area contributed by atoms with Gasteiger partial charge in [0.1, 0.15) is 5.75 Å². The fourth-order valence-electron chi connectivity index (χ4n) is 3.13. The van der Waals surface area contributed by atoms with Crippen LogP contribution in [0, 0.1) is 5.92 Å². The number of primary amides is 1. The molecule has 1 aromatic carbocycles. The molecular formula is C20H33IN4O3. The predicted molar refractivity (Wildman–Crippen MR) is 122 cm³/mol. The van der Waals surface area contributed by atoms with Crippen LogP contribution in [-0.2, 0) is 16.0 Å². The van der Waals surface area contributed by atoms with Crippen LogP contribution >= 0.6 is 24.0 Å². The third kappa shape index (κ3) is 9.09. The Morgan fingerprint density at radius 3 is 2.61 bits per heavy atom. The smallest absolute Gasteiger partial charge is 0.255 e. The number of nitrogens with one attached hydrogen (secondary N) is 1. The molecule has 1 amide bonds. The number of carbonyl (C=O) groups is 1. The van der Waals surface area contributed by atoms with Crippen LogP contribution in [-0.4, -0.2) is 63.8 Å². The number of hydrogen-bond acceptors (Lipinski definition) is 4. The maximum Gasteiger partial charge on any atom is 0.255 e. The maximum absolute atomic E-state index is 10.7. The number of carbonyl (C=O) groups excluding carboxylic acids is 1. The van der Waals surface area contributed by atoms with E-state index in [9.17, 15) is 4.79 Å². The van der Waals surface area contributed by atoms with Gasteiger partial charge in [0.05, 0.1) is 0 Å². The molecule has 0 aromatic heterocycles. The van der Waals surface area contributed by atoms with Gasteiger partial charge in [0, 0.05) is 40.4 Å². The first kappa shape index (κ1) is 24.5. The highest BCUT2D eigenvalue weighted by molar-refractivity contribution is 14.0. The highest BCUT2D eigenvalue weighted by Gasteiger charge is 2.15. The van der Waals surface area contributed by atoms with Gasteiger partial charge in [-0.1, -0.05) is 12.1 Å². The van der Waals surface area contributed by atoms with Gasteiger partial charge in [-0.15, -0.1) is 24.0 Å². The first-order valence-electron chi connectivity index (χ1n) is 9.58. The van der Waals surface area contributed by atoms with Gasteiger partial charge in [-0.05, 0) is 49.3 Å². The molecule has 0 radical (unpaired) electrons. The summed E-state index contributed by atoms with van der Waals surface area (Å²) in [6.45, 7) is 3.49. The second-order valence-corrected chi connectivity index (χ2v) is 6.89. The van der Waals surface area contributed by atoms with Gasteiger partial charge in [-0.2, -0.15) is 0 Å². The standard InChI is InChI=1S/C20H32N4O3.HI/c1-22-20(24(2)12-8-17-9-13-26-14-10-17)23-11-7-16-3-5-18(6-4-16)27-15-19(21)25;/h3-6,17H,7-15H2,1-2H3,(H2,21,25)(H,22,23);1H. The van der Waals surface area contributed by atoms with E-state index in [1.54, 1.807) is 0 Å². The number of guanidine groups is 1. The molecule has 28 heavy (non-hydrogen) atoms. The topological polar surface area (TPSA) is 89.2 Å². The Morgan fingerprint density at radius 1 is 1.32 bits per heavy atom. The van der Waals surface area contributed by atoms with Gasteiger partial charge in [0.25, 0.3) is 5.91 Å². The highest BCUT2D eigenvalue weighted by Crippen LogP contribution is 2.18. The van der Waals surface area contributed by atoms with Crippen molar-refractivity contribution in [3.05, 3.63) is 29.8 Å². The molecule has 1 aliphatic rings. The third-order valence-electron chi connectivity index (χ3n) is 4.79. The number of benzene rings is 1. The summed E-state index contributed by atoms with van der Waals surface area (Å²) in [5.41, 5.74) is 6.26. The summed E-state index contributed by atoms with van der Waals surface area (Å²) in [7, 11) is 3.90. The molecule has 0 spiro atoms. The zero-order valence-corrected chi connectivity index (χ0v) is 19.2. The third-order valence-corrected chi connectivity index (χ3v) is 4.79. The van der Waals surface area contributed by atoms with E-state index < -0.39 is 5.91 Å². The normalized spacial score (nSPS) is 14.9. The molecule has 0 aliphatic carbocycles. The fourth-order valence-corrected chi connectivity index (χ4v) is 3.13. The van der Waals surface area contributed by atoms with E-state index in [1.165, 1.54) is 24.8 Å². The van der Waals surface area contributed by atoms with Crippen molar-refractivity contribution in [2.24, 2.45) is 16.6 Å². The summed E-state index contributed by atoms with van der Waals surface area (Å²) >= 11 is 0. The number of ether oxygens (including phenoxy) is 2. The molecule has 1 heterocycles. The lowest BCUT2D eigenvalue weighted by atomic mass is 9.96. The monoisotopic (exact) mass is 504 g/mol. The van der Waals surface area contributed by atoms with Crippen molar-refractivity contribution >= 4 is 35.8 Å². The van der Waals surface area contributed by atoms with Crippen LogP contribution in [0.15, 0.2) is 29.3 Å². The molecule has 158 valence electrons. The molecular weight excluding hydrogens is 471 g/mol. The first-order valence-corrected chi connectivity index (χ1v) is 9.58. The van der Waals surface area contributed by atoms with E-state index in [1.807, 2.05) is 31.3 Å². The Balaban J connectivity index is 0.00000392. The molecule has 8 heteroatoms. The maximum atomic E-state index is 10.7. The van der Waals surface area contributed by atoms with Crippen molar-refractivity contribution in [2.45, 2.75) is 25.7 Å². The van der Waals surface area contributed by atoms with Crippen LogP contribution in [0.4, 0.5) is 0 Å². The highest BCUT2D eigenvalue weighted by atomic mass is 127. The molecule has 0 atom stereocenters. The minimum atomic E-state index is -0.476. The summed E-state index contributed by atoms with van der Waals surface area (Å²) < 4.78 is 10.7. The number of hydrogen-bond donors (Lipinski definition) is 2. The number of halogens is 1. The Kier molecular flexibility index (Phi) is 11.9. The van der Waals surface area contributed by atoms with Crippen LogP contribution in [0.2, 0.25) is 0 Å². The second-order valence-electron chi connectivity index (χ2n) is 6.89.